The number of para-hydroxylation sites is 1. The second kappa shape index (κ2) is 35.6. The minimum Gasteiger partial charge on any atom is -0.497 e. The average Bonchev–Trinajstić information content (AvgIpc) is 1.66. The van der Waals surface area contributed by atoms with Crippen LogP contribution in [0.4, 0.5) is 0 Å². The molecule has 12 atom stereocenters. The lowest BCUT2D eigenvalue weighted by Gasteiger charge is -2.30. The first kappa shape index (κ1) is 76.4. The number of amides is 1. The van der Waals surface area contributed by atoms with E-state index in [-0.39, 0.29) is 91.6 Å². The van der Waals surface area contributed by atoms with Crippen molar-refractivity contribution in [3.8, 4) is 46.0 Å². The molecule has 11 rings (SSSR count). The summed E-state index contributed by atoms with van der Waals surface area (Å²) in [5.74, 6) is 0.377. The smallest absolute Gasteiger partial charge is 0.308 e. The summed E-state index contributed by atoms with van der Waals surface area (Å²) in [5, 5.41) is 38.8. The van der Waals surface area contributed by atoms with Gasteiger partial charge in [0, 0.05) is 87.1 Å². The highest BCUT2D eigenvalue weighted by atomic mass is 16.7. The fourth-order valence-electron chi connectivity index (χ4n) is 15.0. The van der Waals surface area contributed by atoms with Gasteiger partial charge >= 0.3 is 23.9 Å². The molecule has 6 aliphatic rings. The predicted molar refractivity (Wildman–Crippen MR) is 375 cm³/mol. The molecule has 4 saturated heterocycles. The number of hydrogen-bond acceptors (Lipinski definition) is 18. The largest absolute Gasteiger partial charge is 0.497 e. The van der Waals surface area contributed by atoms with Crippen LogP contribution in [0.15, 0.2) is 103 Å². The summed E-state index contributed by atoms with van der Waals surface area (Å²) in [6.07, 6.45) is 5.00. The van der Waals surface area contributed by atoms with Crippen molar-refractivity contribution >= 4 is 29.8 Å². The molecule has 0 spiro atoms. The lowest BCUT2D eigenvalue weighted by atomic mass is 9.83. The number of carbonyl (C=O) groups excluding carboxylic acids is 1. The van der Waals surface area contributed by atoms with Crippen LogP contribution in [0.3, 0.4) is 0 Å². The Morgan fingerprint density at radius 1 is 0.495 bits per heavy atom. The van der Waals surface area contributed by atoms with E-state index in [1.165, 1.54) is 0 Å². The summed E-state index contributed by atoms with van der Waals surface area (Å²) in [6, 6.07) is 32.4. The minimum absolute atomic E-state index is 0.0451. The third kappa shape index (κ3) is 18.8. The number of carboxylic acids is 4. The van der Waals surface area contributed by atoms with Gasteiger partial charge in [-0.25, -0.2) is 0 Å². The van der Waals surface area contributed by atoms with Crippen molar-refractivity contribution in [2.45, 2.75) is 114 Å². The van der Waals surface area contributed by atoms with E-state index in [0.717, 1.165) is 96.9 Å². The number of hydrogen-bond donors (Lipinski definition) is 4. The Kier molecular flexibility index (Phi) is 27.5. The Labute approximate surface area is 583 Å². The van der Waals surface area contributed by atoms with Crippen molar-refractivity contribution in [1.29, 1.82) is 0 Å². The molecule has 6 heterocycles. The topological polar surface area (TPSA) is 260 Å². The summed E-state index contributed by atoms with van der Waals surface area (Å²) in [7, 11) is 16.5. The van der Waals surface area contributed by atoms with Crippen molar-refractivity contribution in [1.82, 2.24) is 29.4 Å². The summed E-state index contributed by atoms with van der Waals surface area (Å²) in [4.78, 5) is 73.7. The Balaban J connectivity index is 0.000000190. The molecular weight excluding hydrogens is 1270 g/mol. The van der Waals surface area contributed by atoms with Crippen molar-refractivity contribution < 1.29 is 82.3 Å². The summed E-state index contributed by atoms with van der Waals surface area (Å²) >= 11 is 0. The molecule has 540 valence electrons. The maximum absolute atomic E-state index is 13.9. The first-order valence-corrected chi connectivity index (χ1v) is 34.4. The van der Waals surface area contributed by atoms with Gasteiger partial charge in [0.1, 0.15) is 17.2 Å². The normalized spacial score (nSPS) is 24.6. The number of rotatable bonds is 25. The van der Waals surface area contributed by atoms with Crippen LogP contribution < -0.4 is 37.9 Å². The molecule has 0 saturated carbocycles. The number of likely N-dealkylation sites (tertiary alicyclic amines) is 4. The Morgan fingerprint density at radius 2 is 0.919 bits per heavy atom. The van der Waals surface area contributed by atoms with Crippen molar-refractivity contribution in [2.75, 3.05) is 130 Å². The average molecular weight is 1370 g/mol. The number of unbranched alkanes of at least 4 members (excludes halogenated alkanes) is 2. The highest BCUT2D eigenvalue weighted by molar-refractivity contribution is 5.79. The van der Waals surface area contributed by atoms with E-state index in [1.54, 1.807) is 28.4 Å². The van der Waals surface area contributed by atoms with Crippen LogP contribution in [-0.2, 0) is 30.4 Å². The van der Waals surface area contributed by atoms with E-state index in [4.69, 9.17) is 37.9 Å². The van der Waals surface area contributed by atoms with E-state index >= 15 is 0 Å². The maximum Gasteiger partial charge on any atom is 0.308 e. The molecule has 6 aliphatic heterocycles. The number of ether oxygens (including phenoxy) is 8. The zero-order valence-corrected chi connectivity index (χ0v) is 59.8. The molecule has 4 fully saturated rings. The molecule has 0 aliphatic carbocycles. The van der Waals surface area contributed by atoms with Gasteiger partial charge in [-0.15, -0.1) is 0 Å². The standard InChI is InChI=1S/C34H47N3O8.3C14H19NO3/c1-5-6-15-36(16-8-7-14-35(2)3)30(38)20-37-19-25(24-17-28(41-4)33-29(18-24)43-22-45-33)31(34(39)40)26(37)13-12-23-10-9-11-27-32(23)44-21-42-27;3*1-9-13(14(16)17)12(8-15(9)2)10-4-6-11(18-3)7-5-10/h9-11,17-18,25-26,31H,5-8,12-16,19-22H2,1-4H3,(H,39,40);3*4-7,9,12-13H,8H2,1-3H3,(H,16,17)/t25-,26+,31-;3*9-,12+,13-/m1000/s1. The van der Waals surface area contributed by atoms with Gasteiger partial charge < -0.3 is 82.8 Å². The molecule has 23 heteroatoms. The second-order valence-electron chi connectivity index (χ2n) is 27.1. The zero-order chi connectivity index (χ0) is 71.8. The number of fused-ring (bicyclic) bond motifs is 2. The van der Waals surface area contributed by atoms with Crippen LogP contribution in [-0.4, -0.2) is 233 Å². The van der Waals surface area contributed by atoms with Crippen LogP contribution in [0, 0.1) is 23.7 Å². The third-order valence-electron chi connectivity index (χ3n) is 21.0. The molecule has 0 radical (unpaired) electrons. The van der Waals surface area contributed by atoms with Crippen LogP contribution in [0.5, 0.6) is 46.0 Å². The molecule has 99 heavy (non-hydrogen) atoms. The molecule has 23 nitrogen and oxygen atoms in total. The first-order chi connectivity index (χ1) is 47.4. The van der Waals surface area contributed by atoms with E-state index < -0.39 is 29.8 Å². The summed E-state index contributed by atoms with van der Waals surface area (Å²) < 4.78 is 43.6. The van der Waals surface area contributed by atoms with Gasteiger partial charge in [0.25, 0.3) is 0 Å². The van der Waals surface area contributed by atoms with E-state index in [2.05, 4.69) is 45.5 Å². The quantitative estimate of drug-likeness (QED) is 0.0396. The first-order valence-electron chi connectivity index (χ1n) is 34.4. The van der Waals surface area contributed by atoms with Gasteiger partial charge in [-0.2, -0.15) is 0 Å². The van der Waals surface area contributed by atoms with Crippen molar-refractivity contribution in [2.24, 2.45) is 23.7 Å². The number of methoxy groups -OCH3 is 4. The highest BCUT2D eigenvalue weighted by Crippen LogP contribution is 2.48. The van der Waals surface area contributed by atoms with Crippen molar-refractivity contribution in [3.05, 3.63) is 131 Å². The summed E-state index contributed by atoms with van der Waals surface area (Å²) in [5.41, 5.74) is 4.98. The third-order valence-corrected chi connectivity index (χ3v) is 21.0. The van der Waals surface area contributed by atoms with Crippen LogP contribution in [0.2, 0.25) is 0 Å². The van der Waals surface area contributed by atoms with E-state index in [0.29, 0.717) is 61.2 Å². The van der Waals surface area contributed by atoms with E-state index in [9.17, 15) is 44.4 Å². The Hall–Kier alpha value is -8.35. The number of aryl methyl sites for hydroxylation is 1. The summed E-state index contributed by atoms with van der Waals surface area (Å²) in [6.45, 7) is 13.6. The number of aliphatic carboxylic acids is 4. The second-order valence-corrected chi connectivity index (χ2v) is 27.1. The number of benzene rings is 5. The van der Waals surface area contributed by atoms with Crippen LogP contribution in [0.1, 0.15) is 111 Å². The fourth-order valence-corrected chi connectivity index (χ4v) is 15.0. The van der Waals surface area contributed by atoms with Gasteiger partial charge in [-0.3, -0.25) is 28.9 Å². The van der Waals surface area contributed by atoms with Gasteiger partial charge in [0.2, 0.25) is 25.2 Å². The molecule has 0 bridgehead atoms. The SMILES string of the molecule is CCCCN(CCCCN(C)C)C(=O)CN1C[C@H](c2cc(OC)c3c(c2)OCO3)[C@@H](C(=O)O)[C@@H]1CCc1cccc2c1OCO2.COc1ccc([C@H]2CN(C)[C@@H](C)[C@@H]2C(=O)O)cc1.COc1ccc([C@H]2CN(C)[C@@H](C)[C@@H]2C(=O)O)cc1.COc1ccc([C@H]2CN(C)[C@@H](C)[C@@H]2C(=O)O)cc1. The Morgan fingerprint density at radius 3 is 1.34 bits per heavy atom. The van der Waals surface area contributed by atoms with Gasteiger partial charge in [0.15, 0.2) is 23.0 Å². The lowest BCUT2D eigenvalue weighted by Crippen LogP contribution is -2.45. The van der Waals surface area contributed by atoms with Gasteiger partial charge in [-0.1, -0.05) is 61.9 Å². The molecule has 5 aromatic carbocycles. The molecule has 0 unspecified atom stereocenters. The van der Waals surface area contributed by atoms with Crippen LogP contribution >= 0.6 is 0 Å². The minimum atomic E-state index is -0.888. The highest BCUT2D eigenvalue weighted by Gasteiger charge is 2.49. The molecular formula is C76H104N6O17. The molecule has 5 aromatic rings. The monoisotopic (exact) mass is 1370 g/mol. The molecule has 1 amide bonds. The van der Waals surface area contributed by atoms with Crippen LogP contribution in [0.25, 0.3) is 0 Å². The van der Waals surface area contributed by atoms with Gasteiger partial charge in [-0.05, 0) is 177 Å². The number of carboxylic acid groups (broad SMARTS) is 4. The Bertz CT molecular complexity index is 3270. The fraction of sp³-hybridized carbons (Fsp3) is 0.539. The zero-order valence-electron chi connectivity index (χ0n) is 59.8. The predicted octanol–water partition coefficient (Wildman–Crippen LogP) is 9.67. The van der Waals surface area contributed by atoms with E-state index in [1.807, 2.05) is 150 Å². The number of nitrogens with zero attached hydrogens (tertiary/aromatic N) is 6. The molecule has 4 N–H and O–H groups in total. The number of carbonyl (C=O) groups is 5. The maximum atomic E-state index is 13.9. The molecule has 0 aromatic heterocycles. The lowest BCUT2D eigenvalue weighted by molar-refractivity contribution is -0.144. The van der Waals surface area contributed by atoms with Gasteiger partial charge in [0.05, 0.1) is 58.7 Å². The van der Waals surface area contributed by atoms with Crippen molar-refractivity contribution in [3.63, 3.8) is 0 Å². The number of likely N-dealkylation sites (N-methyl/N-ethyl adjacent to an activating group) is 3.